The summed E-state index contributed by atoms with van der Waals surface area (Å²) in [5, 5.41) is 8.82. The SMILES string of the molecule is O=C(O)CCC/C=C\C[C@H]1C(OCc2ccc(-c3ccccc3)cc2)CC(=O)C1N1CCOCC1. The maximum atomic E-state index is 13.1. The molecule has 1 saturated heterocycles. The molecular weight excluding hydrogens is 442 g/mol. The van der Waals surface area contributed by atoms with Crippen LogP contribution in [0.2, 0.25) is 0 Å². The summed E-state index contributed by atoms with van der Waals surface area (Å²) < 4.78 is 11.9. The number of ketones is 1. The van der Waals surface area contributed by atoms with E-state index in [4.69, 9.17) is 14.6 Å². The van der Waals surface area contributed by atoms with E-state index in [1.807, 2.05) is 24.3 Å². The Labute approximate surface area is 207 Å². The summed E-state index contributed by atoms with van der Waals surface area (Å²) in [6.45, 7) is 3.31. The predicted molar refractivity (Wildman–Crippen MR) is 135 cm³/mol. The van der Waals surface area contributed by atoms with E-state index in [1.165, 1.54) is 11.1 Å². The number of carboxylic acid groups (broad SMARTS) is 1. The molecule has 0 aromatic heterocycles. The summed E-state index contributed by atoms with van der Waals surface area (Å²) in [4.78, 5) is 26.0. The second kappa shape index (κ2) is 12.8. The Morgan fingerprint density at radius 2 is 1.74 bits per heavy atom. The Balaban J connectivity index is 1.38. The van der Waals surface area contributed by atoms with Crippen molar-refractivity contribution in [3.8, 4) is 11.1 Å². The molecule has 0 bridgehead atoms. The molecule has 2 unspecified atom stereocenters. The van der Waals surface area contributed by atoms with Crippen LogP contribution in [0.25, 0.3) is 11.1 Å². The van der Waals surface area contributed by atoms with E-state index >= 15 is 0 Å². The Hall–Kier alpha value is -2.80. The maximum absolute atomic E-state index is 13.1. The summed E-state index contributed by atoms with van der Waals surface area (Å²) in [5.41, 5.74) is 3.45. The van der Waals surface area contributed by atoms with Crippen molar-refractivity contribution < 1.29 is 24.2 Å². The molecule has 3 atom stereocenters. The van der Waals surface area contributed by atoms with Crippen molar-refractivity contribution in [3.05, 3.63) is 72.3 Å². The zero-order chi connectivity index (χ0) is 24.5. The summed E-state index contributed by atoms with van der Waals surface area (Å²) in [6.07, 6.45) is 6.73. The third kappa shape index (κ3) is 7.10. The molecule has 2 aromatic carbocycles. The molecule has 186 valence electrons. The first-order valence-corrected chi connectivity index (χ1v) is 12.6. The molecule has 35 heavy (non-hydrogen) atoms. The fraction of sp³-hybridized carbons (Fsp3) is 0.448. The zero-order valence-electron chi connectivity index (χ0n) is 20.2. The second-order valence-corrected chi connectivity index (χ2v) is 9.33. The molecule has 1 heterocycles. The molecule has 2 aromatic rings. The fourth-order valence-corrected chi connectivity index (χ4v) is 5.08. The highest BCUT2D eigenvalue weighted by molar-refractivity contribution is 5.87. The van der Waals surface area contributed by atoms with Crippen LogP contribution in [0.1, 0.15) is 37.7 Å². The quantitative estimate of drug-likeness (QED) is 0.373. The van der Waals surface area contributed by atoms with Crippen molar-refractivity contribution in [1.29, 1.82) is 0 Å². The Bertz CT molecular complexity index is 982. The van der Waals surface area contributed by atoms with Gasteiger partial charge >= 0.3 is 5.97 Å². The van der Waals surface area contributed by atoms with Crippen LogP contribution < -0.4 is 0 Å². The minimum atomic E-state index is -0.766. The number of allylic oxidation sites excluding steroid dienone is 2. The number of carbonyl (C=O) groups excluding carboxylic acids is 1. The summed E-state index contributed by atoms with van der Waals surface area (Å²) in [7, 11) is 0. The number of benzene rings is 2. The lowest BCUT2D eigenvalue weighted by molar-refractivity contribution is -0.137. The average Bonchev–Trinajstić information content (AvgIpc) is 3.20. The van der Waals surface area contributed by atoms with Gasteiger partial charge in [0.15, 0.2) is 5.78 Å². The maximum Gasteiger partial charge on any atom is 0.303 e. The fourth-order valence-electron chi connectivity index (χ4n) is 5.08. The molecule has 1 aliphatic heterocycles. The van der Waals surface area contributed by atoms with Gasteiger partial charge in [-0.25, -0.2) is 0 Å². The Kier molecular flexibility index (Phi) is 9.23. The first-order chi connectivity index (χ1) is 17.1. The number of hydrogen-bond donors (Lipinski definition) is 1. The smallest absolute Gasteiger partial charge is 0.303 e. The molecule has 6 heteroatoms. The highest BCUT2D eigenvalue weighted by Crippen LogP contribution is 2.34. The van der Waals surface area contributed by atoms with Gasteiger partial charge in [-0.05, 0) is 36.0 Å². The number of rotatable bonds is 11. The van der Waals surface area contributed by atoms with Gasteiger partial charge in [-0.1, -0.05) is 66.7 Å². The molecule has 0 spiro atoms. The predicted octanol–water partition coefficient (Wildman–Crippen LogP) is 4.73. The summed E-state index contributed by atoms with van der Waals surface area (Å²) in [5.74, 6) is -0.432. The number of ether oxygens (including phenoxy) is 2. The number of carboxylic acids is 1. The van der Waals surface area contributed by atoms with E-state index in [-0.39, 0.29) is 30.3 Å². The molecule has 0 radical (unpaired) electrons. The number of morpholine rings is 1. The Morgan fingerprint density at radius 1 is 1.03 bits per heavy atom. The van der Waals surface area contributed by atoms with Crippen LogP contribution in [-0.4, -0.2) is 60.2 Å². The van der Waals surface area contributed by atoms with Crippen molar-refractivity contribution in [2.24, 2.45) is 5.92 Å². The molecule has 4 rings (SSSR count). The monoisotopic (exact) mass is 477 g/mol. The van der Waals surface area contributed by atoms with Gasteiger partial charge in [0.25, 0.3) is 0 Å². The van der Waals surface area contributed by atoms with E-state index in [0.717, 1.165) is 31.5 Å². The third-order valence-corrected chi connectivity index (χ3v) is 6.92. The van der Waals surface area contributed by atoms with Gasteiger partial charge in [0, 0.05) is 31.8 Å². The van der Waals surface area contributed by atoms with Gasteiger partial charge in [0.1, 0.15) is 0 Å². The minimum absolute atomic E-state index is 0.0833. The van der Waals surface area contributed by atoms with Crippen LogP contribution >= 0.6 is 0 Å². The summed E-state index contributed by atoms with van der Waals surface area (Å²) >= 11 is 0. The van der Waals surface area contributed by atoms with Gasteiger partial charge in [-0.15, -0.1) is 0 Å². The van der Waals surface area contributed by atoms with Gasteiger partial charge in [0.05, 0.1) is 32.0 Å². The Morgan fingerprint density at radius 3 is 2.46 bits per heavy atom. The van der Waals surface area contributed by atoms with Crippen LogP contribution in [0.4, 0.5) is 0 Å². The lowest BCUT2D eigenvalue weighted by atomic mass is 9.95. The van der Waals surface area contributed by atoms with E-state index < -0.39 is 5.97 Å². The van der Waals surface area contributed by atoms with Crippen LogP contribution in [0.5, 0.6) is 0 Å². The lowest BCUT2D eigenvalue weighted by Crippen LogP contribution is -2.49. The number of carbonyl (C=O) groups is 2. The van der Waals surface area contributed by atoms with Crippen LogP contribution in [0, 0.1) is 5.92 Å². The molecule has 2 fully saturated rings. The zero-order valence-corrected chi connectivity index (χ0v) is 20.2. The number of Topliss-reactive ketones (excluding diaryl/α,β-unsaturated/α-hetero) is 1. The number of aliphatic carboxylic acids is 1. The van der Waals surface area contributed by atoms with Gasteiger partial charge in [0.2, 0.25) is 0 Å². The standard InChI is InChI=1S/C29H35NO5/c31-26-20-27(35-21-22-12-14-24(15-13-22)23-8-4-3-5-9-23)25(10-6-1-2-7-11-28(32)33)29(26)30-16-18-34-19-17-30/h1,3-6,8-9,12-15,25,27,29H,2,7,10-11,16-21H2,(H,32,33)/b6-1-/t25-,27?,29?/m0/s1. The van der Waals surface area contributed by atoms with Crippen LogP contribution in [-0.2, 0) is 25.7 Å². The largest absolute Gasteiger partial charge is 0.481 e. The molecular formula is C29H35NO5. The highest BCUT2D eigenvalue weighted by atomic mass is 16.5. The van der Waals surface area contributed by atoms with E-state index in [2.05, 4.69) is 47.4 Å². The van der Waals surface area contributed by atoms with Crippen molar-refractivity contribution in [3.63, 3.8) is 0 Å². The van der Waals surface area contributed by atoms with Crippen molar-refractivity contribution in [2.75, 3.05) is 26.3 Å². The molecule has 1 aliphatic carbocycles. The van der Waals surface area contributed by atoms with Gasteiger partial charge < -0.3 is 14.6 Å². The molecule has 2 aliphatic rings. The highest BCUT2D eigenvalue weighted by Gasteiger charge is 2.45. The van der Waals surface area contributed by atoms with E-state index in [0.29, 0.717) is 32.7 Å². The van der Waals surface area contributed by atoms with Gasteiger partial charge in [-0.2, -0.15) is 0 Å². The normalized spacial score (nSPS) is 23.2. The molecule has 1 saturated carbocycles. The molecule has 0 amide bonds. The van der Waals surface area contributed by atoms with E-state index in [1.54, 1.807) is 0 Å². The molecule has 1 N–H and O–H groups in total. The minimum Gasteiger partial charge on any atom is -0.481 e. The first kappa shape index (κ1) is 25.3. The lowest BCUT2D eigenvalue weighted by Gasteiger charge is -2.35. The van der Waals surface area contributed by atoms with Crippen molar-refractivity contribution in [2.45, 2.75) is 50.9 Å². The third-order valence-electron chi connectivity index (χ3n) is 6.92. The van der Waals surface area contributed by atoms with Gasteiger partial charge in [-0.3, -0.25) is 14.5 Å². The van der Waals surface area contributed by atoms with Crippen LogP contribution in [0.3, 0.4) is 0 Å². The van der Waals surface area contributed by atoms with Crippen molar-refractivity contribution in [1.82, 2.24) is 4.90 Å². The van der Waals surface area contributed by atoms with Crippen LogP contribution in [0.15, 0.2) is 66.7 Å². The summed E-state index contributed by atoms with van der Waals surface area (Å²) in [6, 6.07) is 18.6. The van der Waals surface area contributed by atoms with E-state index in [9.17, 15) is 9.59 Å². The molecule has 6 nitrogen and oxygen atoms in total. The van der Waals surface area contributed by atoms with Crippen molar-refractivity contribution >= 4 is 11.8 Å². The number of unbranched alkanes of at least 4 members (excludes halogenated alkanes) is 1. The topological polar surface area (TPSA) is 76.1 Å². The second-order valence-electron chi connectivity index (χ2n) is 9.33. The average molecular weight is 478 g/mol. The number of nitrogens with zero attached hydrogens (tertiary/aromatic N) is 1. The first-order valence-electron chi connectivity index (χ1n) is 12.6. The number of hydrogen-bond acceptors (Lipinski definition) is 5.